The van der Waals surface area contributed by atoms with Gasteiger partial charge in [-0.25, -0.2) is 0 Å². The monoisotopic (exact) mass is 329 g/mol. The van der Waals surface area contributed by atoms with E-state index in [4.69, 9.17) is 14.2 Å². The Kier molecular flexibility index (Phi) is 6.07. The van der Waals surface area contributed by atoms with Crippen molar-refractivity contribution < 1.29 is 19.0 Å². The van der Waals surface area contributed by atoms with Gasteiger partial charge in [0, 0.05) is 17.7 Å². The van der Waals surface area contributed by atoms with Crippen LogP contribution in [0.25, 0.3) is 0 Å². The van der Waals surface area contributed by atoms with Crippen molar-refractivity contribution in [2.75, 3.05) is 27.9 Å². The highest BCUT2D eigenvalue weighted by atomic mass is 16.5. The van der Waals surface area contributed by atoms with Gasteiger partial charge in [-0.15, -0.1) is 0 Å². The van der Waals surface area contributed by atoms with Crippen LogP contribution >= 0.6 is 0 Å². The molecule has 1 amide bonds. The van der Waals surface area contributed by atoms with Crippen molar-refractivity contribution in [3.05, 3.63) is 53.1 Å². The SMILES string of the molecule is COc1ccc(C(=O)NCCc2ccc(OC)c(C)c2OC)cc1. The molecule has 0 unspecified atom stereocenters. The molecule has 24 heavy (non-hydrogen) atoms. The average Bonchev–Trinajstić information content (AvgIpc) is 2.62. The molecule has 0 atom stereocenters. The molecule has 0 aliphatic carbocycles. The van der Waals surface area contributed by atoms with Crippen LogP contribution in [-0.2, 0) is 6.42 Å². The summed E-state index contributed by atoms with van der Waals surface area (Å²) in [5.74, 6) is 2.21. The molecule has 2 rings (SSSR count). The van der Waals surface area contributed by atoms with E-state index in [1.165, 1.54) is 0 Å². The number of amides is 1. The first kappa shape index (κ1) is 17.7. The minimum absolute atomic E-state index is 0.109. The Labute approximate surface area is 142 Å². The van der Waals surface area contributed by atoms with Gasteiger partial charge in [-0.05, 0) is 49.2 Å². The fourth-order valence-electron chi connectivity index (χ4n) is 2.59. The normalized spacial score (nSPS) is 10.2. The molecule has 0 spiro atoms. The number of rotatable bonds is 7. The smallest absolute Gasteiger partial charge is 0.251 e. The van der Waals surface area contributed by atoms with Crippen LogP contribution < -0.4 is 19.5 Å². The lowest BCUT2D eigenvalue weighted by atomic mass is 10.1. The molecule has 0 heterocycles. The molecule has 0 bridgehead atoms. The summed E-state index contributed by atoms with van der Waals surface area (Å²) in [5.41, 5.74) is 2.60. The molecule has 128 valence electrons. The summed E-state index contributed by atoms with van der Waals surface area (Å²) in [7, 11) is 4.87. The number of benzene rings is 2. The molecule has 5 nitrogen and oxygen atoms in total. The van der Waals surface area contributed by atoms with Crippen molar-refractivity contribution in [3.8, 4) is 17.2 Å². The van der Waals surface area contributed by atoms with Crippen LogP contribution in [0.3, 0.4) is 0 Å². The van der Waals surface area contributed by atoms with Crippen LogP contribution in [0, 0.1) is 6.92 Å². The highest BCUT2D eigenvalue weighted by Gasteiger charge is 2.12. The van der Waals surface area contributed by atoms with Crippen LogP contribution in [-0.4, -0.2) is 33.8 Å². The second-order valence-electron chi connectivity index (χ2n) is 5.32. The van der Waals surface area contributed by atoms with E-state index in [9.17, 15) is 4.79 Å². The average molecular weight is 329 g/mol. The van der Waals surface area contributed by atoms with Gasteiger partial charge in [0.2, 0.25) is 0 Å². The van der Waals surface area contributed by atoms with Gasteiger partial charge >= 0.3 is 0 Å². The van der Waals surface area contributed by atoms with Crippen molar-refractivity contribution in [2.45, 2.75) is 13.3 Å². The van der Waals surface area contributed by atoms with E-state index in [0.29, 0.717) is 18.5 Å². The number of hydrogen-bond donors (Lipinski definition) is 1. The van der Waals surface area contributed by atoms with Gasteiger partial charge in [0.25, 0.3) is 5.91 Å². The molecule has 5 heteroatoms. The second kappa shape index (κ2) is 8.24. The van der Waals surface area contributed by atoms with E-state index >= 15 is 0 Å². The van der Waals surface area contributed by atoms with Crippen LogP contribution in [0.4, 0.5) is 0 Å². The fourth-order valence-corrected chi connectivity index (χ4v) is 2.59. The molecular formula is C19H23NO4. The first-order chi connectivity index (χ1) is 11.6. The van der Waals surface area contributed by atoms with Gasteiger partial charge in [0.15, 0.2) is 0 Å². The molecule has 0 aromatic heterocycles. The molecule has 0 saturated carbocycles. The van der Waals surface area contributed by atoms with Gasteiger partial charge < -0.3 is 19.5 Å². The maximum absolute atomic E-state index is 12.2. The predicted octanol–water partition coefficient (Wildman–Crippen LogP) is 2.99. The third-order valence-electron chi connectivity index (χ3n) is 3.89. The largest absolute Gasteiger partial charge is 0.497 e. The first-order valence-electron chi connectivity index (χ1n) is 7.73. The Bertz CT molecular complexity index is 695. The van der Waals surface area contributed by atoms with Gasteiger partial charge in [-0.3, -0.25) is 4.79 Å². The molecular weight excluding hydrogens is 306 g/mol. The first-order valence-corrected chi connectivity index (χ1v) is 7.73. The van der Waals surface area contributed by atoms with Crippen molar-refractivity contribution in [3.63, 3.8) is 0 Å². The third kappa shape index (κ3) is 3.98. The Balaban J connectivity index is 1.98. The highest BCUT2D eigenvalue weighted by Crippen LogP contribution is 2.31. The number of carbonyl (C=O) groups excluding carboxylic acids is 1. The number of nitrogens with one attached hydrogen (secondary N) is 1. The lowest BCUT2D eigenvalue weighted by Gasteiger charge is -2.14. The number of carbonyl (C=O) groups is 1. The summed E-state index contributed by atoms with van der Waals surface area (Å²) in [5, 5.41) is 2.92. The summed E-state index contributed by atoms with van der Waals surface area (Å²) in [6.45, 7) is 2.48. The van der Waals surface area contributed by atoms with Gasteiger partial charge in [0.05, 0.1) is 21.3 Å². The molecule has 1 N–H and O–H groups in total. The van der Waals surface area contributed by atoms with Crippen molar-refractivity contribution >= 4 is 5.91 Å². The van der Waals surface area contributed by atoms with E-state index in [0.717, 1.165) is 28.4 Å². The maximum Gasteiger partial charge on any atom is 0.251 e. The minimum Gasteiger partial charge on any atom is -0.497 e. The molecule has 0 saturated heterocycles. The zero-order valence-corrected chi connectivity index (χ0v) is 14.5. The Morgan fingerprint density at radius 2 is 1.67 bits per heavy atom. The summed E-state index contributed by atoms with van der Waals surface area (Å²) in [4.78, 5) is 12.2. The Morgan fingerprint density at radius 1 is 0.958 bits per heavy atom. The quantitative estimate of drug-likeness (QED) is 0.848. The zero-order chi connectivity index (χ0) is 17.5. The predicted molar refractivity (Wildman–Crippen MR) is 93.3 cm³/mol. The molecule has 0 radical (unpaired) electrons. The van der Waals surface area contributed by atoms with Crippen molar-refractivity contribution in [2.24, 2.45) is 0 Å². The maximum atomic E-state index is 12.2. The van der Waals surface area contributed by atoms with Gasteiger partial charge in [0.1, 0.15) is 17.2 Å². The number of hydrogen-bond acceptors (Lipinski definition) is 4. The summed E-state index contributed by atoms with van der Waals surface area (Å²) in [6.07, 6.45) is 0.676. The number of ether oxygens (including phenoxy) is 3. The second-order valence-corrected chi connectivity index (χ2v) is 5.32. The zero-order valence-electron chi connectivity index (χ0n) is 14.5. The van der Waals surface area contributed by atoms with Crippen molar-refractivity contribution in [1.29, 1.82) is 0 Å². The molecule has 2 aromatic rings. The van der Waals surface area contributed by atoms with Gasteiger partial charge in [-0.1, -0.05) is 6.07 Å². The van der Waals surface area contributed by atoms with Crippen LogP contribution in [0.5, 0.6) is 17.2 Å². The van der Waals surface area contributed by atoms with E-state index in [2.05, 4.69) is 5.32 Å². The fraction of sp³-hybridized carbons (Fsp3) is 0.316. The molecule has 0 fully saturated rings. The number of methoxy groups -OCH3 is 3. The minimum atomic E-state index is -0.109. The third-order valence-corrected chi connectivity index (χ3v) is 3.89. The van der Waals surface area contributed by atoms with Crippen LogP contribution in [0.15, 0.2) is 36.4 Å². The molecule has 0 aliphatic rings. The lowest BCUT2D eigenvalue weighted by molar-refractivity contribution is 0.0954. The van der Waals surface area contributed by atoms with Crippen LogP contribution in [0.1, 0.15) is 21.5 Å². The van der Waals surface area contributed by atoms with E-state index in [1.807, 2.05) is 19.1 Å². The Morgan fingerprint density at radius 3 is 2.25 bits per heavy atom. The van der Waals surface area contributed by atoms with E-state index in [1.54, 1.807) is 45.6 Å². The van der Waals surface area contributed by atoms with Crippen molar-refractivity contribution in [1.82, 2.24) is 5.32 Å². The van der Waals surface area contributed by atoms with E-state index < -0.39 is 0 Å². The highest BCUT2D eigenvalue weighted by molar-refractivity contribution is 5.94. The summed E-state index contributed by atoms with van der Waals surface area (Å²) < 4.78 is 15.9. The van der Waals surface area contributed by atoms with Crippen LogP contribution in [0.2, 0.25) is 0 Å². The lowest BCUT2D eigenvalue weighted by Crippen LogP contribution is -2.25. The molecule has 0 aliphatic heterocycles. The summed E-state index contributed by atoms with van der Waals surface area (Å²) >= 11 is 0. The van der Waals surface area contributed by atoms with E-state index in [-0.39, 0.29) is 5.91 Å². The molecule has 2 aromatic carbocycles. The van der Waals surface area contributed by atoms with Gasteiger partial charge in [-0.2, -0.15) is 0 Å². The summed E-state index contributed by atoms with van der Waals surface area (Å²) in [6, 6.07) is 10.9. The topological polar surface area (TPSA) is 56.8 Å². The standard InChI is InChI=1S/C19H23NO4/c1-13-17(23-3)10-7-14(18(13)24-4)11-12-20-19(21)15-5-8-16(22-2)9-6-15/h5-10H,11-12H2,1-4H3,(H,20,21). The Hall–Kier alpha value is -2.69.